The third kappa shape index (κ3) is 6.86. The van der Waals surface area contributed by atoms with E-state index in [1.807, 2.05) is 29.1 Å². The standard InChI is InChI=1S/C14H25N3O2/c1-14(2,3)10-12(11-18)16-13(19)15-6-9-17-7-4-5-8-17/h4-5,7-8,12,18H,6,9-11H2,1-3H3,(H2,15,16,19). The van der Waals surface area contributed by atoms with Gasteiger partial charge in [-0.3, -0.25) is 0 Å². The lowest BCUT2D eigenvalue weighted by molar-refractivity contribution is 0.191. The zero-order chi connectivity index (χ0) is 14.3. The molecule has 3 N–H and O–H groups in total. The summed E-state index contributed by atoms with van der Waals surface area (Å²) in [6.45, 7) is 7.52. The van der Waals surface area contributed by atoms with Crippen LogP contribution in [0.4, 0.5) is 4.79 Å². The van der Waals surface area contributed by atoms with Crippen LogP contribution in [0.5, 0.6) is 0 Å². The monoisotopic (exact) mass is 267 g/mol. The maximum Gasteiger partial charge on any atom is 0.315 e. The smallest absolute Gasteiger partial charge is 0.315 e. The van der Waals surface area contributed by atoms with Gasteiger partial charge in [0.25, 0.3) is 0 Å². The minimum absolute atomic E-state index is 0.0394. The van der Waals surface area contributed by atoms with Crippen LogP contribution < -0.4 is 10.6 Å². The predicted molar refractivity (Wildman–Crippen MR) is 75.9 cm³/mol. The molecular weight excluding hydrogens is 242 g/mol. The number of nitrogens with one attached hydrogen (secondary N) is 2. The van der Waals surface area contributed by atoms with Crippen LogP contribution in [-0.4, -0.2) is 34.9 Å². The van der Waals surface area contributed by atoms with Crippen LogP contribution in [-0.2, 0) is 6.54 Å². The van der Waals surface area contributed by atoms with E-state index >= 15 is 0 Å². The Morgan fingerprint density at radius 1 is 1.32 bits per heavy atom. The summed E-state index contributed by atoms with van der Waals surface area (Å²) in [4.78, 5) is 11.7. The summed E-state index contributed by atoms with van der Waals surface area (Å²) in [7, 11) is 0. The van der Waals surface area contributed by atoms with Crippen molar-refractivity contribution in [3.05, 3.63) is 24.5 Å². The Bertz CT molecular complexity index is 369. The Morgan fingerprint density at radius 3 is 2.47 bits per heavy atom. The normalized spacial score (nSPS) is 13.1. The van der Waals surface area contributed by atoms with Gasteiger partial charge in [0.15, 0.2) is 0 Å². The molecule has 0 fully saturated rings. The summed E-state index contributed by atoms with van der Waals surface area (Å²) < 4.78 is 2.00. The van der Waals surface area contributed by atoms with Crippen LogP contribution in [0.1, 0.15) is 27.2 Å². The van der Waals surface area contributed by atoms with Gasteiger partial charge in [-0.2, -0.15) is 0 Å². The summed E-state index contributed by atoms with van der Waals surface area (Å²) in [6.07, 6.45) is 4.65. The van der Waals surface area contributed by atoms with E-state index in [0.717, 1.165) is 13.0 Å². The molecule has 0 spiro atoms. The van der Waals surface area contributed by atoms with Gasteiger partial charge in [0.1, 0.15) is 0 Å². The predicted octanol–water partition coefficient (Wildman–Crippen LogP) is 1.58. The Morgan fingerprint density at radius 2 is 1.95 bits per heavy atom. The Labute approximate surface area is 115 Å². The van der Waals surface area contributed by atoms with E-state index in [0.29, 0.717) is 6.54 Å². The van der Waals surface area contributed by atoms with Crippen LogP contribution in [0.25, 0.3) is 0 Å². The molecule has 0 saturated carbocycles. The number of hydrogen-bond donors (Lipinski definition) is 3. The SMILES string of the molecule is CC(C)(C)CC(CO)NC(=O)NCCn1cccc1. The number of aromatic nitrogens is 1. The van der Waals surface area contributed by atoms with Gasteiger partial charge >= 0.3 is 6.03 Å². The lowest BCUT2D eigenvalue weighted by Gasteiger charge is -2.25. The van der Waals surface area contributed by atoms with Crippen LogP contribution in [0.3, 0.4) is 0 Å². The number of urea groups is 1. The zero-order valence-corrected chi connectivity index (χ0v) is 12.0. The average Bonchev–Trinajstić information content (AvgIpc) is 2.79. The second-order valence-electron chi connectivity index (χ2n) is 5.97. The topological polar surface area (TPSA) is 66.3 Å². The van der Waals surface area contributed by atoms with Gasteiger partial charge in [0.2, 0.25) is 0 Å². The van der Waals surface area contributed by atoms with Crippen molar-refractivity contribution in [2.24, 2.45) is 5.41 Å². The van der Waals surface area contributed by atoms with Crippen LogP contribution >= 0.6 is 0 Å². The summed E-state index contributed by atoms with van der Waals surface area (Å²) >= 11 is 0. The highest BCUT2D eigenvalue weighted by molar-refractivity contribution is 5.74. The van der Waals surface area contributed by atoms with Crippen molar-refractivity contribution in [2.75, 3.05) is 13.2 Å². The van der Waals surface area contributed by atoms with Gasteiger partial charge in [0.05, 0.1) is 12.6 Å². The zero-order valence-electron chi connectivity index (χ0n) is 12.0. The first-order chi connectivity index (χ1) is 8.90. The molecule has 19 heavy (non-hydrogen) atoms. The first kappa shape index (κ1) is 15.6. The van der Waals surface area contributed by atoms with E-state index < -0.39 is 0 Å². The van der Waals surface area contributed by atoms with E-state index in [-0.39, 0.29) is 24.1 Å². The lowest BCUT2D eigenvalue weighted by atomic mass is 9.88. The van der Waals surface area contributed by atoms with E-state index in [2.05, 4.69) is 31.4 Å². The number of rotatable bonds is 6. The highest BCUT2D eigenvalue weighted by Gasteiger charge is 2.19. The molecular formula is C14H25N3O2. The van der Waals surface area contributed by atoms with Gasteiger partial charge in [-0.15, -0.1) is 0 Å². The number of hydrogen-bond acceptors (Lipinski definition) is 2. The fourth-order valence-electron chi connectivity index (χ4n) is 1.95. The maximum absolute atomic E-state index is 11.7. The molecule has 0 aliphatic rings. The highest BCUT2D eigenvalue weighted by Crippen LogP contribution is 2.20. The molecule has 1 heterocycles. The third-order valence-corrected chi connectivity index (χ3v) is 2.74. The van der Waals surface area contributed by atoms with E-state index in [1.165, 1.54) is 0 Å². The Kier molecular flexibility index (Phi) is 5.89. The average molecular weight is 267 g/mol. The molecule has 5 nitrogen and oxygen atoms in total. The van der Waals surface area contributed by atoms with Crippen LogP contribution in [0.2, 0.25) is 0 Å². The Balaban J connectivity index is 2.25. The number of nitrogens with zero attached hydrogens (tertiary/aromatic N) is 1. The minimum atomic E-state index is -0.226. The summed E-state index contributed by atoms with van der Waals surface area (Å²) in [5, 5.41) is 14.9. The number of aliphatic hydroxyl groups is 1. The molecule has 1 aromatic rings. The molecule has 1 atom stereocenters. The van der Waals surface area contributed by atoms with E-state index in [4.69, 9.17) is 0 Å². The lowest BCUT2D eigenvalue weighted by Crippen LogP contribution is -2.46. The molecule has 5 heteroatoms. The Hall–Kier alpha value is -1.49. The highest BCUT2D eigenvalue weighted by atomic mass is 16.3. The molecule has 1 aromatic heterocycles. The number of aliphatic hydroxyl groups excluding tert-OH is 1. The summed E-state index contributed by atoms with van der Waals surface area (Å²) in [5.41, 5.74) is 0.0752. The van der Waals surface area contributed by atoms with Gasteiger partial charge in [-0.05, 0) is 24.0 Å². The van der Waals surface area contributed by atoms with Crippen molar-refractivity contribution in [1.82, 2.24) is 15.2 Å². The van der Waals surface area contributed by atoms with Gasteiger partial charge in [-0.25, -0.2) is 4.79 Å². The fraction of sp³-hybridized carbons (Fsp3) is 0.643. The molecule has 0 aliphatic carbocycles. The first-order valence-corrected chi connectivity index (χ1v) is 6.67. The van der Waals surface area contributed by atoms with Crippen molar-refractivity contribution >= 4 is 6.03 Å². The minimum Gasteiger partial charge on any atom is -0.394 e. The second kappa shape index (κ2) is 7.19. The number of carbonyl (C=O) groups excluding carboxylic acids is 1. The molecule has 108 valence electrons. The van der Waals surface area contributed by atoms with Crippen LogP contribution in [0, 0.1) is 5.41 Å². The summed E-state index contributed by atoms with van der Waals surface area (Å²) in [6, 6.07) is 3.47. The van der Waals surface area contributed by atoms with E-state index in [9.17, 15) is 9.90 Å². The largest absolute Gasteiger partial charge is 0.394 e. The van der Waals surface area contributed by atoms with E-state index in [1.54, 1.807) is 0 Å². The summed E-state index contributed by atoms with van der Waals surface area (Å²) in [5.74, 6) is 0. The number of carbonyl (C=O) groups is 1. The second-order valence-corrected chi connectivity index (χ2v) is 5.97. The third-order valence-electron chi connectivity index (χ3n) is 2.74. The van der Waals surface area contributed by atoms with Crippen molar-refractivity contribution in [1.29, 1.82) is 0 Å². The molecule has 0 saturated heterocycles. The van der Waals surface area contributed by atoms with Crippen molar-refractivity contribution < 1.29 is 9.90 Å². The molecule has 0 radical (unpaired) electrons. The van der Waals surface area contributed by atoms with Crippen molar-refractivity contribution in [2.45, 2.75) is 39.8 Å². The number of amides is 2. The maximum atomic E-state index is 11.7. The van der Waals surface area contributed by atoms with Crippen LogP contribution in [0.15, 0.2) is 24.5 Å². The van der Waals surface area contributed by atoms with Gasteiger partial charge in [0, 0.05) is 25.5 Å². The molecule has 2 amide bonds. The molecule has 1 rings (SSSR count). The van der Waals surface area contributed by atoms with Crippen molar-refractivity contribution in [3.8, 4) is 0 Å². The van der Waals surface area contributed by atoms with Gasteiger partial charge < -0.3 is 20.3 Å². The first-order valence-electron chi connectivity index (χ1n) is 6.67. The molecule has 1 unspecified atom stereocenters. The molecule has 0 aromatic carbocycles. The van der Waals surface area contributed by atoms with Crippen molar-refractivity contribution in [3.63, 3.8) is 0 Å². The molecule has 0 bridgehead atoms. The molecule has 0 aliphatic heterocycles. The quantitative estimate of drug-likeness (QED) is 0.732. The fourth-order valence-corrected chi connectivity index (χ4v) is 1.95. The van der Waals surface area contributed by atoms with Gasteiger partial charge in [-0.1, -0.05) is 20.8 Å².